The van der Waals surface area contributed by atoms with Crippen LogP contribution in [0.4, 0.5) is 0 Å². The van der Waals surface area contributed by atoms with Crippen molar-refractivity contribution < 1.29 is 9.84 Å². The topological polar surface area (TPSA) is 29.5 Å². The van der Waals surface area contributed by atoms with Crippen LogP contribution in [-0.4, -0.2) is 23.3 Å². The van der Waals surface area contributed by atoms with Gasteiger partial charge in [-0.3, -0.25) is 0 Å². The summed E-state index contributed by atoms with van der Waals surface area (Å²) in [5.41, 5.74) is 0. The summed E-state index contributed by atoms with van der Waals surface area (Å²) in [5, 5.41) is 8.24. The molecule has 9 heavy (non-hydrogen) atoms. The van der Waals surface area contributed by atoms with Crippen LogP contribution in [0.15, 0.2) is 0 Å². The lowest BCUT2D eigenvalue weighted by Crippen LogP contribution is -2.02. The predicted octanol–water partition coefficient (Wildman–Crippen LogP) is 1.33. The molecular formula is C6H12BrO2. The number of hydrogen-bond acceptors (Lipinski definition) is 2. The van der Waals surface area contributed by atoms with Gasteiger partial charge < -0.3 is 9.84 Å². The molecule has 0 amide bonds. The third-order valence-corrected chi connectivity index (χ3v) is 1.25. The van der Waals surface area contributed by atoms with E-state index in [1.165, 1.54) is 0 Å². The molecule has 0 aliphatic rings. The van der Waals surface area contributed by atoms with Gasteiger partial charge in [-0.15, -0.1) is 0 Å². The molecule has 0 aliphatic heterocycles. The summed E-state index contributed by atoms with van der Waals surface area (Å²) in [6.07, 6.45) is 1.43. The molecule has 2 nitrogen and oxygen atoms in total. The molecule has 1 unspecified atom stereocenters. The van der Waals surface area contributed by atoms with Crippen LogP contribution >= 0.6 is 15.9 Å². The van der Waals surface area contributed by atoms with Crippen LogP contribution in [-0.2, 0) is 4.74 Å². The van der Waals surface area contributed by atoms with Gasteiger partial charge in [0.05, 0.1) is 0 Å². The van der Waals surface area contributed by atoms with Crippen LogP contribution in [0, 0.1) is 6.92 Å². The van der Waals surface area contributed by atoms with E-state index in [0.717, 1.165) is 6.42 Å². The highest BCUT2D eigenvalue weighted by Crippen LogP contribution is 1.99. The predicted molar refractivity (Wildman–Crippen MR) is 40.3 cm³/mol. The molecule has 0 rings (SSSR count). The van der Waals surface area contributed by atoms with Crippen molar-refractivity contribution >= 4 is 15.9 Å². The highest BCUT2D eigenvalue weighted by molar-refractivity contribution is 9.09. The molecule has 0 bridgehead atoms. The zero-order chi connectivity index (χ0) is 7.11. The Morgan fingerprint density at radius 1 is 1.56 bits per heavy atom. The average molecular weight is 196 g/mol. The summed E-state index contributed by atoms with van der Waals surface area (Å²) in [7, 11) is 0. The molecule has 1 radical (unpaired) electrons. The lowest BCUT2D eigenvalue weighted by molar-refractivity contribution is 0.113. The van der Waals surface area contributed by atoms with Crippen LogP contribution < -0.4 is 0 Å². The van der Waals surface area contributed by atoms with Crippen molar-refractivity contribution in [1.29, 1.82) is 0 Å². The van der Waals surface area contributed by atoms with Gasteiger partial charge in [-0.2, -0.15) is 0 Å². The highest BCUT2D eigenvalue weighted by Gasteiger charge is 1.94. The van der Waals surface area contributed by atoms with E-state index in [9.17, 15) is 0 Å². The largest absolute Gasteiger partial charge is 0.382 e. The van der Waals surface area contributed by atoms with Gasteiger partial charge in [0, 0.05) is 19.6 Å². The standard InChI is InChI=1S/C6H12BrO2/c1-2-4-9-5-3-6(7)8/h6,8H,1-5H2. The second-order valence-corrected chi connectivity index (χ2v) is 2.75. The molecule has 0 fully saturated rings. The second-order valence-electron chi connectivity index (χ2n) is 1.69. The van der Waals surface area contributed by atoms with Gasteiger partial charge in [-0.25, -0.2) is 0 Å². The van der Waals surface area contributed by atoms with Crippen molar-refractivity contribution in [2.24, 2.45) is 0 Å². The maximum Gasteiger partial charge on any atom is 0.111 e. The Labute approximate surface area is 64.3 Å². The number of aliphatic hydroxyl groups is 1. The van der Waals surface area contributed by atoms with E-state index in [2.05, 4.69) is 22.9 Å². The Morgan fingerprint density at radius 3 is 2.67 bits per heavy atom. The molecule has 0 saturated heterocycles. The van der Waals surface area contributed by atoms with Crippen LogP contribution in [0.5, 0.6) is 0 Å². The first-order valence-corrected chi connectivity index (χ1v) is 3.88. The quantitative estimate of drug-likeness (QED) is 0.530. The maximum atomic E-state index is 8.67. The summed E-state index contributed by atoms with van der Waals surface area (Å²) in [5.74, 6) is 0. The number of ether oxygens (including phenoxy) is 1. The minimum Gasteiger partial charge on any atom is -0.382 e. The molecule has 0 aliphatic carbocycles. The Morgan fingerprint density at radius 2 is 2.22 bits per heavy atom. The fourth-order valence-electron chi connectivity index (χ4n) is 0.385. The van der Waals surface area contributed by atoms with Gasteiger partial charge in [-0.1, -0.05) is 22.9 Å². The molecule has 0 aromatic rings. The second kappa shape index (κ2) is 6.52. The number of alkyl halides is 1. The molecule has 0 saturated carbocycles. The zero-order valence-electron chi connectivity index (χ0n) is 5.35. The molecule has 0 aromatic heterocycles. The molecular weight excluding hydrogens is 184 g/mol. The monoisotopic (exact) mass is 195 g/mol. The first kappa shape index (κ1) is 9.40. The Kier molecular flexibility index (Phi) is 6.81. The van der Waals surface area contributed by atoms with Gasteiger partial charge >= 0.3 is 0 Å². The first-order chi connectivity index (χ1) is 4.27. The maximum absolute atomic E-state index is 8.67. The van der Waals surface area contributed by atoms with Gasteiger partial charge in [0.1, 0.15) is 5.01 Å². The smallest absolute Gasteiger partial charge is 0.111 e. The van der Waals surface area contributed by atoms with E-state index in [4.69, 9.17) is 9.84 Å². The van der Waals surface area contributed by atoms with E-state index in [1.54, 1.807) is 0 Å². The van der Waals surface area contributed by atoms with Gasteiger partial charge in [-0.05, 0) is 6.42 Å². The molecule has 55 valence electrons. The van der Waals surface area contributed by atoms with Crippen molar-refractivity contribution in [2.45, 2.75) is 17.9 Å². The first-order valence-electron chi connectivity index (χ1n) is 2.96. The third-order valence-electron chi connectivity index (χ3n) is 0.789. The number of rotatable bonds is 5. The molecule has 3 heteroatoms. The Bertz CT molecular complexity index is 57.0. The third kappa shape index (κ3) is 8.40. The van der Waals surface area contributed by atoms with Gasteiger partial charge in [0.2, 0.25) is 0 Å². The summed E-state index contributed by atoms with van der Waals surface area (Å²) < 4.78 is 5.04. The molecule has 0 heterocycles. The summed E-state index contributed by atoms with van der Waals surface area (Å²) >= 11 is 2.99. The van der Waals surface area contributed by atoms with E-state index in [1.807, 2.05) is 0 Å². The van der Waals surface area contributed by atoms with Crippen molar-refractivity contribution in [2.75, 3.05) is 13.2 Å². The van der Waals surface area contributed by atoms with Crippen molar-refractivity contribution in [1.82, 2.24) is 0 Å². The van der Waals surface area contributed by atoms with E-state index < -0.39 is 5.01 Å². The lowest BCUT2D eigenvalue weighted by atomic mass is 10.5. The minimum absolute atomic E-state index is 0.428. The van der Waals surface area contributed by atoms with E-state index in [-0.39, 0.29) is 0 Å². The average Bonchev–Trinajstić information content (AvgIpc) is 1.80. The van der Waals surface area contributed by atoms with Crippen LogP contribution in [0.1, 0.15) is 12.8 Å². The molecule has 1 atom stereocenters. The summed E-state index contributed by atoms with van der Waals surface area (Å²) in [4.78, 5) is 0. The molecule has 0 aromatic carbocycles. The summed E-state index contributed by atoms with van der Waals surface area (Å²) in [6, 6.07) is 0. The SMILES string of the molecule is [CH2]CCOCCC(O)Br. The van der Waals surface area contributed by atoms with Crippen molar-refractivity contribution in [3.05, 3.63) is 6.92 Å². The van der Waals surface area contributed by atoms with E-state index in [0.29, 0.717) is 19.6 Å². The number of aliphatic hydroxyl groups excluding tert-OH is 1. The van der Waals surface area contributed by atoms with Crippen molar-refractivity contribution in [3.63, 3.8) is 0 Å². The molecule has 0 spiro atoms. The van der Waals surface area contributed by atoms with Crippen LogP contribution in [0.25, 0.3) is 0 Å². The van der Waals surface area contributed by atoms with Crippen LogP contribution in [0.3, 0.4) is 0 Å². The van der Waals surface area contributed by atoms with Crippen molar-refractivity contribution in [3.8, 4) is 0 Å². The Hall–Kier alpha value is 0.400. The van der Waals surface area contributed by atoms with E-state index >= 15 is 0 Å². The lowest BCUT2D eigenvalue weighted by Gasteiger charge is -2.02. The van der Waals surface area contributed by atoms with Gasteiger partial charge in [0.25, 0.3) is 0 Å². The van der Waals surface area contributed by atoms with Crippen LogP contribution in [0.2, 0.25) is 0 Å². The normalized spacial score (nSPS) is 13.7. The fourth-order valence-corrected chi connectivity index (χ4v) is 0.572. The minimum atomic E-state index is -0.428. The Balaban J connectivity index is 2.75. The zero-order valence-corrected chi connectivity index (χ0v) is 6.93. The fraction of sp³-hybridized carbons (Fsp3) is 0.833. The number of halogens is 1. The molecule has 1 N–H and O–H groups in total. The van der Waals surface area contributed by atoms with Gasteiger partial charge in [0.15, 0.2) is 0 Å². The number of hydrogen-bond donors (Lipinski definition) is 1. The highest BCUT2D eigenvalue weighted by atomic mass is 79.9. The summed E-state index contributed by atoms with van der Waals surface area (Å²) in [6.45, 7) is 4.88.